The van der Waals surface area contributed by atoms with Gasteiger partial charge in [-0.3, -0.25) is 13.9 Å². The minimum absolute atomic E-state index is 0.0253. The van der Waals surface area contributed by atoms with Crippen molar-refractivity contribution in [1.29, 1.82) is 0 Å². The molecule has 0 aliphatic rings. The molecule has 0 spiro atoms. The summed E-state index contributed by atoms with van der Waals surface area (Å²) < 4.78 is 29.0. The molecule has 214 valence electrons. The van der Waals surface area contributed by atoms with Crippen molar-refractivity contribution < 1.29 is 18.0 Å². The van der Waals surface area contributed by atoms with Gasteiger partial charge in [0.05, 0.1) is 10.6 Å². The van der Waals surface area contributed by atoms with Crippen LogP contribution in [0.3, 0.4) is 0 Å². The van der Waals surface area contributed by atoms with Gasteiger partial charge in [-0.05, 0) is 80.8 Å². The molecular weight excluding hydrogens is 593 g/mol. The molecule has 0 bridgehead atoms. The van der Waals surface area contributed by atoms with Crippen molar-refractivity contribution in [2.24, 2.45) is 0 Å². The van der Waals surface area contributed by atoms with Crippen LogP contribution in [-0.2, 0) is 26.2 Å². The lowest BCUT2D eigenvalue weighted by atomic mass is 10.1. The van der Waals surface area contributed by atoms with E-state index in [1.165, 1.54) is 17.0 Å². The lowest BCUT2D eigenvalue weighted by Gasteiger charge is -2.33. The average Bonchev–Trinajstić information content (AvgIpc) is 2.89. The van der Waals surface area contributed by atoms with Gasteiger partial charge < -0.3 is 10.2 Å². The number of carbonyl (C=O) groups excluding carboxylic acids is 2. The van der Waals surface area contributed by atoms with Gasteiger partial charge in [0.25, 0.3) is 10.0 Å². The largest absolute Gasteiger partial charge is 0.355 e. The zero-order valence-corrected chi connectivity index (χ0v) is 25.8. The number of sulfonamides is 1. The van der Waals surface area contributed by atoms with E-state index in [4.69, 9.17) is 34.8 Å². The molecule has 2 amide bonds. The quantitative estimate of drug-likeness (QED) is 0.267. The van der Waals surface area contributed by atoms with Crippen LogP contribution in [0.5, 0.6) is 0 Å². The molecule has 0 aromatic heterocycles. The summed E-state index contributed by atoms with van der Waals surface area (Å²) in [4.78, 5) is 28.5. The first-order valence-electron chi connectivity index (χ1n) is 12.8. The minimum atomic E-state index is -4.19. The maximum absolute atomic E-state index is 14.1. The Morgan fingerprint density at radius 2 is 1.52 bits per heavy atom. The van der Waals surface area contributed by atoms with Gasteiger partial charge in [-0.25, -0.2) is 8.42 Å². The van der Waals surface area contributed by atoms with Crippen molar-refractivity contribution in [2.75, 3.05) is 17.4 Å². The molecule has 1 N–H and O–H groups in total. The second-order valence-corrected chi connectivity index (χ2v) is 12.5. The van der Waals surface area contributed by atoms with Gasteiger partial charge in [-0.1, -0.05) is 65.5 Å². The van der Waals surface area contributed by atoms with Gasteiger partial charge in [0.2, 0.25) is 11.8 Å². The third-order valence-electron chi connectivity index (χ3n) is 6.41. The second kappa shape index (κ2) is 13.7. The SMILES string of the molecule is CCNC(=O)[C@H](CC)N(Cc1ccc(Cl)cc1Cl)C(=O)CN(c1ccc(Cl)cc1C)S(=O)(=O)c1ccc(C)cc1. The van der Waals surface area contributed by atoms with Crippen LogP contribution >= 0.6 is 34.8 Å². The highest BCUT2D eigenvalue weighted by Gasteiger charge is 2.34. The van der Waals surface area contributed by atoms with E-state index in [9.17, 15) is 18.0 Å². The summed E-state index contributed by atoms with van der Waals surface area (Å²) in [6.45, 7) is 6.93. The van der Waals surface area contributed by atoms with Crippen molar-refractivity contribution >= 4 is 62.3 Å². The normalized spacial score (nSPS) is 12.1. The van der Waals surface area contributed by atoms with Gasteiger partial charge in [-0.15, -0.1) is 0 Å². The van der Waals surface area contributed by atoms with Crippen LogP contribution < -0.4 is 9.62 Å². The number of likely N-dealkylation sites (N-methyl/N-ethyl adjacent to an activating group) is 1. The standard InChI is InChI=1S/C29H32Cl3N3O4S/c1-5-26(29(37)33-6-2)34(17-21-9-10-23(31)16-25(21)32)28(36)18-35(27-14-11-22(30)15-20(27)4)40(38,39)24-12-7-19(3)8-13-24/h7-16,26H,5-6,17-18H2,1-4H3,(H,33,37)/t26-/m0/s1. The summed E-state index contributed by atoms with van der Waals surface area (Å²) in [5.41, 5.74) is 2.33. The number of carbonyl (C=O) groups is 2. The van der Waals surface area contributed by atoms with Crippen molar-refractivity contribution in [3.63, 3.8) is 0 Å². The Hall–Kier alpha value is -2.78. The van der Waals surface area contributed by atoms with Crippen molar-refractivity contribution in [3.8, 4) is 0 Å². The molecule has 1 atom stereocenters. The Balaban J connectivity index is 2.11. The Morgan fingerprint density at radius 1 is 0.900 bits per heavy atom. The molecule has 7 nitrogen and oxygen atoms in total. The monoisotopic (exact) mass is 623 g/mol. The minimum Gasteiger partial charge on any atom is -0.355 e. The fourth-order valence-electron chi connectivity index (χ4n) is 4.29. The lowest BCUT2D eigenvalue weighted by Crippen LogP contribution is -2.52. The highest BCUT2D eigenvalue weighted by molar-refractivity contribution is 7.92. The molecule has 11 heteroatoms. The number of rotatable bonds is 11. The van der Waals surface area contributed by atoms with Crippen LogP contribution in [0.1, 0.15) is 37.0 Å². The fraction of sp³-hybridized carbons (Fsp3) is 0.310. The lowest BCUT2D eigenvalue weighted by molar-refractivity contribution is -0.140. The smallest absolute Gasteiger partial charge is 0.264 e. The second-order valence-electron chi connectivity index (χ2n) is 9.33. The first kappa shape index (κ1) is 31.7. The molecule has 40 heavy (non-hydrogen) atoms. The van der Waals surface area contributed by atoms with Crippen LogP contribution in [-0.4, -0.2) is 44.3 Å². The van der Waals surface area contributed by atoms with Gasteiger partial charge in [0, 0.05) is 28.2 Å². The summed E-state index contributed by atoms with van der Waals surface area (Å²) in [5.74, 6) is -0.923. The van der Waals surface area contributed by atoms with Crippen molar-refractivity contribution in [2.45, 2.75) is 51.6 Å². The third kappa shape index (κ3) is 7.49. The number of nitrogens with one attached hydrogen (secondary N) is 1. The van der Waals surface area contributed by atoms with E-state index in [0.29, 0.717) is 44.8 Å². The molecule has 0 heterocycles. The number of aryl methyl sites for hydroxylation is 2. The Labute approximate surface area is 251 Å². The van der Waals surface area contributed by atoms with Crippen LogP contribution in [0.4, 0.5) is 5.69 Å². The van der Waals surface area contributed by atoms with Gasteiger partial charge in [0.1, 0.15) is 12.6 Å². The number of hydrogen-bond acceptors (Lipinski definition) is 4. The Bertz CT molecular complexity index is 1480. The van der Waals surface area contributed by atoms with Gasteiger partial charge in [0.15, 0.2) is 0 Å². The number of nitrogens with zero attached hydrogens (tertiary/aromatic N) is 2. The van der Waals surface area contributed by atoms with E-state index in [-0.39, 0.29) is 17.3 Å². The van der Waals surface area contributed by atoms with E-state index in [0.717, 1.165) is 9.87 Å². The molecule has 0 aliphatic heterocycles. The first-order chi connectivity index (χ1) is 18.9. The van der Waals surface area contributed by atoms with E-state index >= 15 is 0 Å². The first-order valence-corrected chi connectivity index (χ1v) is 15.3. The van der Waals surface area contributed by atoms with E-state index in [1.54, 1.807) is 69.3 Å². The molecule has 0 saturated heterocycles. The Morgan fingerprint density at radius 3 is 2.10 bits per heavy atom. The van der Waals surface area contributed by atoms with E-state index < -0.39 is 28.5 Å². The number of hydrogen-bond donors (Lipinski definition) is 1. The van der Waals surface area contributed by atoms with Crippen LogP contribution in [0, 0.1) is 13.8 Å². The van der Waals surface area contributed by atoms with Crippen molar-refractivity contribution in [3.05, 3.63) is 92.4 Å². The molecule has 3 rings (SSSR count). The number of halogens is 3. The summed E-state index contributed by atoms with van der Waals surface area (Å²) in [5, 5.41) is 3.96. The predicted molar refractivity (Wildman–Crippen MR) is 162 cm³/mol. The molecule has 0 radical (unpaired) electrons. The molecular formula is C29H32Cl3N3O4S. The predicted octanol–water partition coefficient (Wildman–Crippen LogP) is 6.40. The summed E-state index contributed by atoms with van der Waals surface area (Å²) >= 11 is 18.7. The highest BCUT2D eigenvalue weighted by Crippen LogP contribution is 2.30. The molecule has 0 saturated carbocycles. The van der Waals surface area contributed by atoms with Gasteiger partial charge in [-0.2, -0.15) is 0 Å². The van der Waals surface area contributed by atoms with E-state index in [2.05, 4.69) is 5.32 Å². The Kier molecular flexibility index (Phi) is 10.9. The zero-order chi connectivity index (χ0) is 29.6. The molecule has 3 aromatic rings. The number of amides is 2. The molecule has 3 aromatic carbocycles. The van der Waals surface area contributed by atoms with Crippen LogP contribution in [0.15, 0.2) is 65.6 Å². The van der Waals surface area contributed by atoms with Gasteiger partial charge >= 0.3 is 0 Å². The summed E-state index contributed by atoms with van der Waals surface area (Å²) in [7, 11) is -4.19. The average molecular weight is 625 g/mol. The van der Waals surface area contributed by atoms with Crippen LogP contribution in [0.25, 0.3) is 0 Å². The fourth-order valence-corrected chi connectivity index (χ4v) is 6.47. The molecule has 0 unspecified atom stereocenters. The maximum Gasteiger partial charge on any atom is 0.264 e. The third-order valence-corrected chi connectivity index (χ3v) is 9.00. The van der Waals surface area contributed by atoms with Crippen molar-refractivity contribution in [1.82, 2.24) is 10.2 Å². The summed E-state index contributed by atoms with van der Waals surface area (Å²) in [6, 6.07) is 15.2. The number of benzene rings is 3. The molecule has 0 aliphatic carbocycles. The maximum atomic E-state index is 14.1. The number of anilines is 1. The topological polar surface area (TPSA) is 86.8 Å². The summed E-state index contributed by atoms with van der Waals surface area (Å²) in [6.07, 6.45) is 0.299. The zero-order valence-electron chi connectivity index (χ0n) is 22.7. The highest BCUT2D eigenvalue weighted by atomic mass is 35.5. The molecule has 0 fully saturated rings. The van der Waals surface area contributed by atoms with E-state index in [1.807, 2.05) is 6.92 Å². The van der Waals surface area contributed by atoms with Crippen LogP contribution in [0.2, 0.25) is 15.1 Å².